The Kier molecular flexibility index (Phi) is 9.66. The summed E-state index contributed by atoms with van der Waals surface area (Å²) in [5, 5.41) is 4.05. The highest BCUT2D eigenvalue weighted by Crippen LogP contribution is 2.59. The number of methoxy groups -OCH3 is 1. The van der Waals surface area contributed by atoms with E-state index in [4.69, 9.17) is 4.74 Å². The Morgan fingerprint density at radius 3 is 2.44 bits per heavy atom. The van der Waals surface area contributed by atoms with Gasteiger partial charge in [0.25, 0.3) is 0 Å². The second-order valence-corrected chi connectivity index (χ2v) is 6.90. The van der Waals surface area contributed by atoms with Crippen molar-refractivity contribution < 1.29 is 22.7 Å². The van der Waals surface area contributed by atoms with Gasteiger partial charge in [-0.1, -0.05) is 43.7 Å². The molecule has 1 fully saturated rings. The molecule has 1 aliphatic rings. The molecule has 9 heteroatoms. The number of amides is 3. The first-order valence-corrected chi connectivity index (χ1v) is 9.73. The zero-order valence-electron chi connectivity index (χ0n) is 15.8. The number of nitrogens with one attached hydrogen (secondary N) is 2. The lowest BCUT2D eigenvalue weighted by Gasteiger charge is -2.17. The van der Waals surface area contributed by atoms with Crippen LogP contribution in [0, 0.1) is 5.92 Å². The summed E-state index contributed by atoms with van der Waals surface area (Å²) in [6, 6.07) is 9.53. The average Bonchev–Trinajstić information content (AvgIpc) is 3.22. The highest BCUT2D eigenvalue weighted by molar-refractivity contribution is 7.61. The molecule has 0 heterocycles. The Hall–Kier alpha value is -2.26. The molecule has 1 aromatic rings. The van der Waals surface area contributed by atoms with Crippen LogP contribution in [0.25, 0.3) is 0 Å². The molecule has 0 spiro atoms. The number of hydrogen-bond donors (Lipinski definition) is 2. The molecule has 1 saturated carbocycles. The molecule has 3 atom stereocenters. The second kappa shape index (κ2) is 11.5. The maximum absolute atomic E-state index is 10.9. The van der Waals surface area contributed by atoms with Crippen LogP contribution in [0.4, 0.5) is 4.79 Å². The van der Waals surface area contributed by atoms with E-state index < -0.39 is 16.5 Å². The summed E-state index contributed by atoms with van der Waals surface area (Å²) in [6.45, 7) is 2.83. The summed E-state index contributed by atoms with van der Waals surface area (Å²) >= 11 is 0. The Morgan fingerprint density at radius 2 is 1.96 bits per heavy atom. The van der Waals surface area contributed by atoms with E-state index in [-0.39, 0.29) is 17.4 Å². The first-order chi connectivity index (χ1) is 12.9. The fourth-order valence-electron chi connectivity index (χ4n) is 3.38. The molecule has 0 aliphatic heterocycles. The molecular weight excluding hydrogens is 370 g/mol. The molecular formula is C18H27N3O5S. The Bertz CT molecular complexity index is 731. The van der Waals surface area contributed by atoms with E-state index in [2.05, 4.69) is 28.7 Å². The lowest BCUT2D eigenvalue weighted by Crippen LogP contribution is -2.31. The van der Waals surface area contributed by atoms with Crippen molar-refractivity contribution in [1.29, 1.82) is 0 Å². The number of ether oxygens (including phenoxy) is 1. The maximum Gasteiger partial charge on any atom is 0.320 e. The van der Waals surface area contributed by atoms with Crippen LogP contribution in [-0.2, 0) is 25.4 Å². The molecule has 27 heavy (non-hydrogen) atoms. The SMILES string of the molecule is CNC(=O)NC=O.COCCCCC1(c2ccccc2)C(C)C1N=S(=O)=O. The molecule has 2 rings (SSSR count). The zero-order valence-corrected chi connectivity index (χ0v) is 16.7. The monoisotopic (exact) mass is 397 g/mol. The molecule has 2 N–H and O–H groups in total. The molecule has 0 saturated heterocycles. The first-order valence-electron chi connectivity index (χ1n) is 8.70. The molecule has 8 nitrogen and oxygen atoms in total. The van der Waals surface area contributed by atoms with Crippen molar-refractivity contribution in [3.63, 3.8) is 0 Å². The summed E-state index contributed by atoms with van der Waals surface area (Å²) in [5.74, 6) is 0.269. The van der Waals surface area contributed by atoms with Gasteiger partial charge in [-0.25, -0.2) is 4.79 Å². The van der Waals surface area contributed by atoms with E-state index in [0.717, 1.165) is 25.9 Å². The predicted molar refractivity (Wildman–Crippen MR) is 102 cm³/mol. The van der Waals surface area contributed by atoms with E-state index >= 15 is 0 Å². The quantitative estimate of drug-likeness (QED) is 0.514. The number of unbranched alkanes of at least 4 members (excludes halogenated alkanes) is 1. The van der Waals surface area contributed by atoms with E-state index in [1.54, 1.807) is 7.11 Å². The number of urea groups is 1. The van der Waals surface area contributed by atoms with E-state index in [0.29, 0.717) is 6.41 Å². The molecule has 1 aromatic carbocycles. The summed E-state index contributed by atoms with van der Waals surface area (Å²) in [5.41, 5.74) is 1.08. The minimum absolute atomic E-state index is 0.116. The summed E-state index contributed by atoms with van der Waals surface area (Å²) in [7, 11) is 0.796. The molecule has 3 unspecified atom stereocenters. The third-order valence-corrected chi connectivity index (χ3v) is 5.22. The number of hydrogen-bond acceptors (Lipinski definition) is 6. The number of nitrogens with zero attached hydrogens (tertiary/aromatic N) is 1. The van der Waals surface area contributed by atoms with Crippen molar-refractivity contribution in [2.45, 2.75) is 37.6 Å². The number of benzene rings is 1. The predicted octanol–water partition coefficient (Wildman–Crippen LogP) is 1.89. The normalized spacial score (nSPS) is 22.6. The number of carbonyl (C=O) groups is 2. The fourth-order valence-corrected chi connectivity index (χ4v) is 3.93. The van der Waals surface area contributed by atoms with Crippen LogP contribution in [0.2, 0.25) is 0 Å². The zero-order chi connectivity index (χ0) is 20.3. The third kappa shape index (κ3) is 6.44. The average molecular weight is 397 g/mol. The van der Waals surface area contributed by atoms with Crippen LogP contribution in [0.3, 0.4) is 0 Å². The molecule has 0 radical (unpaired) electrons. The van der Waals surface area contributed by atoms with Gasteiger partial charge in [-0.3, -0.25) is 10.1 Å². The van der Waals surface area contributed by atoms with Gasteiger partial charge >= 0.3 is 16.5 Å². The van der Waals surface area contributed by atoms with Crippen LogP contribution in [-0.4, -0.2) is 47.7 Å². The van der Waals surface area contributed by atoms with Crippen LogP contribution in [0.15, 0.2) is 34.7 Å². The largest absolute Gasteiger partial charge is 0.385 e. The number of carbonyl (C=O) groups excluding carboxylic acids is 2. The summed E-state index contributed by atoms with van der Waals surface area (Å²) in [4.78, 5) is 19.4. The van der Waals surface area contributed by atoms with Gasteiger partial charge in [0.15, 0.2) is 0 Å². The third-order valence-electron chi connectivity index (χ3n) is 4.82. The van der Waals surface area contributed by atoms with Gasteiger partial charge in [-0.15, -0.1) is 0 Å². The van der Waals surface area contributed by atoms with Crippen LogP contribution < -0.4 is 10.6 Å². The Morgan fingerprint density at radius 1 is 1.30 bits per heavy atom. The number of rotatable bonds is 8. The van der Waals surface area contributed by atoms with Crippen LogP contribution in [0.5, 0.6) is 0 Å². The second-order valence-electron chi connectivity index (χ2n) is 6.25. The van der Waals surface area contributed by atoms with Crippen molar-refractivity contribution >= 4 is 22.9 Å². The minimum Gasteiger partial charge on any atom is -0.385 e. The maximum atomic E-state index is 10.9. The molecule has 0 aromatic heterocycles. The Labute approximate surface area is 161 Å². The standard InChI is InChI=1S/C15H21NO3S.C3H6N2O2/c1-12-14(16-20(17)18)15(12,10-6-7-11-19-2)13-8-4-3-5-9-13;1-4-3(7)5-2-6/h3-5,8-9,12,14H,6-7,10-11H2,1-2H3;2H,1H3,(H2,4,5,6,7). The van der Waals surface area contributed by atoms with Crippen molar-refractivity contribution in [3.8, 4) is 0 Å². The molecule has 150 valence electrons. The van der Waals surface area contributed by atoms with Gasteiger partial charge in [-0.2, -0.15) is 12.8 Å². The Balaban J connectivity index is 0.000000445. The lowest BCUT2D eigenvalue weighted by molar-refractivity contribution is -0.108. The lowest BCUT2D eigenvalue weighted by atomic mass is 9.87. The van der Waals surface area contributed by atoms with Gasteiger partial charge < -0.3 is 10.1 Å². The van der Waals surface area contributed by atoms with Crippen molar-refractivity contribution in [2.75, 3.05) is 20.8 Å². The van der Waals surface area contributed by atoms with Crippen molar-refractivity contribution in [2.24, 2.45) is 10.3 Å². The molecule has 3 amide bonds. The van der Waals surface area contributed by atoms with Crippen LogP contribution in [0.1, 0.15) is 31.7 Å². The van der Waals surface area contributed by atoms with Crippen molar-refractivity contribution in [3.05, 3.63) is 35.9 Å². The van der Waals surface area contributed by atoms with Gasteiger partial charge in [-0.05, 0) is 24.3 Å². The van der Waals surface area contributed by atoms with E-state index in [1.165, 1.54) is 12.6 Å². The highest BCUT2D eigenvalue weighted by Gasteiger charge is 2.63. The highest BCUT2D eigenvalue weighted by atomic mass is 32.2. The fraction of sp³-hybridized carbons (Fsp3) is 0.556. The van der Waals surface area contributed by atoms with Gasteiger partial charge in [0, 0.05) is 26.2 Å². The smallest absolute Gasteiger partial charge is 0.320 e. The molecule has 1 aliphatic carbocycles. The first kappa shape index (κ1) is 22.8. The topological polar surface area (TPSA) is 114 Å². The summed E-state index contributed by atoms with van der Waals surface area (Å²) in [6.07, 6.45) is 3.28. The summed E-state index contributed by atoms with van der Waals surface area (Å²) < 4.78 is 30.8. The van der Waals surface area contributed by atoms with Crippen molar-refractivity contribution in [1.82, 2.24) is 10.6 Å². The minimum atomic E-state index is -2.33. The number of imide groups is 1. The van der Waals surface area contributed by atoms with E-state index in [1.807, 2.05) is 23.5 Å². The van der Waals surface area contributed by atoms with Gasteiger partial charge in [0.2, 0.25) is 6.41 Å². The van der Waals surface area contributed by atoms with Gasteiger partial charge in [0.05, 0.1) is 6.04 Å². The molecule has 0 bridgehead atoms. The van der Waals surface area contributed by atoms with Crippen LogP contribution >= 0.6 is 0 Å². The van der Waals surface area contributed by atoms with E-state index in [9.17, 15) is 18.0 Å². The van der Waals surface area contributed by atoms with Gasteiger partial charge in [0.1, 0.15) is 0 Å².